The van der Waals surface area contributed by atoms with E-state index in [0.717, 1.165) is 22.2 Å². The first kappa shape index (κ1) is 16.7. The smallest absolute Gasteiger partial charge is 0.270 e. The van der Waals surface area contributed by atoms with Crippen molar-refractivity contribution in [1.29, 1.82) is 0 Å². The third kappa shape index (κ3) is 2.65. The van der Waals surface area contributed by atoms with Crippen LogP contribution < -0.4 is 4.74 Å². The van der Waals surface area contributed by atoms with Gasteiger partial charge in [0.05, 0.1) is 19.2 Å². The Morgan fingerprint density at radius 2 is 1.92 bits per heavy atom. The molecule has 5 nitrogen and oxygen atoms in total. The first-order valence-electron chi connectivity index (χ1n) is 8.72. The first-order valence-corrected chi connectivity index (χ1v) is 8.72. The van der Waals surface area contributed by atoms with Crippen molar-refractivity contribution < 1.29 is 14.6 Å². The number of likely N-dealkylation sites (tertiary alicyclic amines) is 1. The minimum atomic E-state index is -0.981. The summed E-state index contributed by atoms with van der Waals surface area (Å²) >= 11 is 0. The second kappa shape index (κ2) is 6.18. The van der Waals surface area contributed by atoms with Gasteiger partial charge in [-0.05, 0) is 30.2 Å². The average Bonchev–Trinajstić information content (AvgIpc) is 3.23. The van der Waals surface area contributed by atoms with Crippen LogP contribution in [0.15, 0.2) is 54.6 Å². The normalized spacial score (nSPS) is 19.9. The molecule has 0 bridgehead atoms. The number of fused-ring (bicyclic) bond motifs is 1. The van der Waals surface area contributed by atoms with Crippen LogP contribution in [0.25, 0.3) is 10.9 Å². The minimum absolute atomic E-state index is 0.0606. The highest BCUT2D eigenvalue weighted by molar-refractivity contribution is 5.99. The Morgan fingerprint density at radius 3 is 2.65 bits per heavy atom. The summed E-state index contributed by atoms with van der Waals surface area (Å²) in [7, 11) is 3.51. The van der Waals surface area contributed by atoms with Crippen LogP contribution in [0, 0.1) is 0 Å². The number of aryl methyl sites for hydroxylation is 1. The molecule has 134 valence electrons. The summed E-state index contributed by atoms with van der Waals surface area (Å²) in [4.78, 5) is 14.8. The fourth-order valence-electron chi connectivity index (χ4n) is 3.76. The number of β-amino-alcohol motifs (C(OH)–C–C–N with tert-alkyl or cyclic N) is 1. The van der Waals surface area contributed by atoms with E-state index in [0.29, 0.717) is 25.2 Å². The van der Waals surface area contributed by atoms with Crippen molar-refractivity contribution in [3.05, 3.63) is 65.9 Å². The summed E-state index contributed by atoms with van der Waals surface area (Å²) in [5.41, 5.74) is 1.44. The first-order chi connectivity index (χ1) is 12.5. The quantitative estimate of drug-likeness (QED) is 0.790. The van der Waals surface area contributed by atoms with Gasteiger partial charge in [0.1, 0.15) is 17.0 Å². The van der Waals surface area contributed by atoms with E-state index >= 15 is 0 Å². The van der Waals surface area contributed by atoms with Crippen LogP contribution in [-0.2, 0) is 12.6 Å². The van der Waals surface area contributed by atoms with Crippen molar-refractivity contribution in [1.82, 2.24) is 9.47 Å². The van der Waals surface area contributed by atoms with Crippen molar-refractivity contribution in [2.45, 2.75) is 12.0 Å². The minimum Gasteiger partial charge on any atom is -0.497 e. The SMILES string of the molecule is COc1ccc2cc(C(=O)N3CC[C@@](O)(c4ccccc4)C3)n(C)c2c1. The van der Waals surface area contributed by atoms with Gasteiger partial charge in [-0.25, -0.2) is 0 Å². The van der Waals surface area contributed by atoms with Gasteiger partial charge in [-0.1, -0.05) is 30.3 Å². The van der Waals surface area contributed by atoms with Gasteiger partial charge < -0.3 is 19.3 Å². The molecule has 1 aliphatic heterocycles. The van der Waals surface area contributed by atoms with Gasteiger partial charge in [0.15, 0.2) is 0 Å². The molecule has 1 aromatic heterocycles. The number of nitrogens with zero attached hydrogens (tertiary/aromatic N) is 2. The van der Waals surface area contributed by atoms with Crippen molar-refractivity contribution in [3.63, 3.8) is 0 Å². The molecule has 0 saturated carbocycles. The summed E-state index contributed by atoms with van der Waals surface area (Å²) in [6, 6.07) is 17.2. The Labute approximate surface area is 152 Å². The summed E-state index contributed by atoms with van der Waals surface area (Å²) < 4.78 is 7.17. The van der Waals surface area contributed by atoms with Crippen molar-refractivity contribution in [3.8, 4) is 5.75 Å². The zero-order valence-electron chi connectivity index (χ0n) is 15.0. The number of carbonyl (C=O) groups is 1. The van der Waals surface area contributed by atoms with Crippen LogP contribution in [-0.4, -0.2) is 40.7 Å². The molecule has 5 heteroatoms. The second-order valence-electron chi connectivity index (χ2n) is 6.89. The lowest BCUT2D eigenvalue weighted by Gasteiger charge is -2.24. The van der Waals surface area contributed by atoms with Gasteiger partial charge in [0.2, 0.25) is 0 Å². The molecule has 1 atom stereocenters. The number of amides is 1. The molecule has 2 heterocycles. The maximum absolute atomic E-state index is 13.1. The van der Waals surface area contributed by atoms with E-state index in [-0.39, 0.29) is 5.91 Å². The molecule has 0 spiro atoms. The predicted molar refractivity (Wildman–Crippen MR) is 100 cm³/mol. The van der Waals surface area contributed by atoms with E-state index in [1.165, 1.54) is 0 Å². The predicted octanol–water partition coefficient (Wildman–Crippen LogP) is 2.92. The zero-order chi connectivity index (χ0) is 18.3. The van der Waals surface area contributed by atoms with E-state index in [1.807, 2.05) is 66.2 Å². The molecule has 0 radical (unpaired) electrons. The lowest BCUT2D eigenvalue weighted by atomic mass is 9.93. The molecule has 4 rings (SSSR count). The Hall–Kier alpha value is -2.79. The van der Waals surface area contributed by atoms with Crippen LogP contribution >= 0.6 is 0 Å². The molecule has 26 heavy (non-hydrogen) atoms. The number of rotatable bonds is 3. The highest BCUT2D eigenvalue weighted by Gasteiger charge is 2.40. The summed E-state index contributed by atoms with van der Waals surface area (Å²) in [6.07, 6.45) is 0.542. The largest absolute Gasteiger partial charge is 0.497 e. The second-order valence-corrected chi connectivity index (χ2v) is 6.89. The van der Waals surface area contributed by atoms with Gasteiger partial charge >= 0.3 is 0 Å². The third-order valence-corrected chi connectivity index (χ3v) is 5.32. The van der Waals surface area contributed by atoms with Crippen LogP contribution in [0.3, 0.4) is 0 Å². The molecular weight excluding hydrogens is 328 g/mol. The molecule has 1 N–H and O–H groups in total. The van der Waals surface area contributed by atoms with Crippen LogP contribution in [0.4, 0.5) is 0 Å². The monoisotopic (exact) mass is 350 g/mol. The molecule has 2 aromatic carbocycles. The number of ether oxygens (including phenoxy) is 1. The van der Waals surface area contributed by atoms with E-state index in [9.17, 15) is 9.90 Å². The van der Waals surface area contributed by atoms with Crippen molar-refractivity contribution >= 4 is 16.8 Å². The Kier molecular flexibility index (Phi) is 3.96. The van der Waals surface area contributed by atoms with Crippen LogP contribution in [0.1, 0.15) is 22.5 Å². The van der Waals surface area contributed by atoms with Gasteiger partial charge in [0.25, 0.3) is 5.91 Å². The van der Waals surface area contributed by atoms with Gasteiger partial charge in [0, 0.05) is 25.0 Å². The number of benzene rings is 2. The van der Waals surface area contributed by atoms with Gasteiger partial charge in [-0.3, -0.25) is 4.79 Å². The fraction of sp³-hybridized carbons (Fsp3) is 0.286. The topological polar surface area (TPSA) is 54.7 Å². The maximum atomic E-state index is 13.1. The lowest BCUT2D eigenvalue weighted by molar-refractivity contribution is 0.0414. The number of carbonyl (C=O) groups excluding carboxylic acids is 1. The molecule has 1 aliphatic rings. The molecule has 0 aliphatic carbocycles. The van der Waals surface area contributed by atoms with Crippen LogP contribution in [0.2, 0.25) is 0 Å². The molecule has 3 aromatic rings. The van der Waals surface area contributed by atoms with Gasteiger partial charge in [-0.2, -0.15) is 0 Å². The number of hydrogen-bond acceptors (Lipinski definition) is 3. The molecule has 0 unspecified atom stereocenters. The highest BCUT2D eigenvalue weighted by Crippen LogP contribution is 2.33. The number of aromatic nitrogens is 1. The Morgan fingerprint density at radius 1 is 1.15 bits per heavy atom. The third-order valence-electron chi connectivity index (χ3n) is 5.32. The number of aliphatic hydroxyl groups is 1. The summed E-state index contributed by atoms with van der Waals surface area (Å²) in [6.45, 7) is 0.843. The van der Waals surface area contributed by atoms with E-state index < -0.39 is 5.60 Å². The molecule has 1 amide bonds. The Bertz CT molecular complexity index is 964. The molecule has 1 fully saturated rings. The van der Waals surface area contributed by atoms with E-state index in [2.05, 4.69) is 0 Å². The fourth-order valence-corrected chi connectivity index (χ4v) is 3.76. The zero-order valence-corrected chi connectivity index (χ0v) is 15.0. The van der Waals surface area contributed by atoms with E-state index in [4.69, 9.17) is 4.74 Å². The number of hydrogen-bond donors (Lipinski definition) is 1. The molecule has 1 saturated heterocycles. The maximum Gasteiger partial charge on any atom is 0.270 e. The van der Waals surface area contributed by atoms with Crippen LogP contribution in [0.5, 0.6) is 5.75 Å². The van der Waals surface area contributed by atoms with Crippen molar-refractivity contribution in [2.24, 2.45) is 7.05 Å². The standard InChI is InChI=1S/C21H22N2O3/c1-22-18-13-17(26-2)9-8-15(18)12-19(22)20(24)23-11-10-21(25,14-23)16-6-4-3-5-7-16/h3-9,12-13,25H,10-11,14H2,1-2H3/t21-/m0/s1. The van der Waals surface area contributed by atoms with E-state index in [1.54, 1.807) is 12.0 Å². The Balaban J connectivity index is 1.63. The molecular formula is C21H22N2O3. The summed E-state index contributed by atoms with van der Waals surface area (Å²) in [5, 5.41) is 12.0. The van der Waals surface area contributed by atoms with Gasteiger partial charge in [-0.15, -0.1) is 0 Å². The summed E-state index contributed by atoms with van der Waals surface area (Å²) in [5.74, 6) is 0.701. The average molecular weight is 350 g/mol. The lowest BCUT2D eigenvalue weighted by Crippen LogP contribution is -2.35. The number of methoxy groups -OCH3 is 1. The van der Waals surface area contributed by atoms with Crippen molar-refractivity contribution in [2.75, 3.05) is 20.2 Å². The highest BCUT2D eigenvalue weighted by atomic mass is 16.5.